The Labute approximate surface area is 195 Å². The van der Waals surface area contributed by atoms with E-state index in [0.717, 1.165) is 16.8 Å². The molecular formula is C26H31N3O2S. The molecule has 0 spiro atoms. The van der Waals surface area contributed by atoms with E-state index >= 15 is 0 Å². The largest absolute Gasteiger partial charge is 0.355 e. The topological polar surface area (TPSA) is 61.8 Å². The number of aliphatic imine (C=N–C) groups is 1. The fourth-order valence-electron chi connectivity index (χ4n) is 3.15. The molecule has 0 aliphatic carbocycles. The number of thioether (sulfide) groups is 1. The molecule has 1 N–H and O–H groups in total. The molecule has 1 aliphatic rings. The number of amides is 2. The molecule has 2 aromatic rings. The summed E-state index contributed by atoms with van der Waals surface area (Å²) in [6, 6.07) is 15.9. The number of hydrogen-bond acceptors (Lipinski definition) is 4. The molecule has 0 aromatic heterocycles. The standard InChI is InChI=1S/C26H31N3O2S/c1-17(2)15-27-24(30)16-32-26-28-23(14-20-8-10-21(11-9-20)18(3)4)25(31)29(26)22-12-6-19(5)7-13-22/h6-14,17-18H,15-16H2,1-5H3,(H,27,30). The van der Waals surface area contributed by atoms with Crippen molar-refractivity contribution in [2.75, 3.05) is 17.2 Å². The Balaban J connectivity index is 1.85. The minimum atomic E-state index is -0.188. The first-order valence-electron chi connectivity index (χ1n) is 11.0. The van der Waals surface area contributed by atoms with Gasteiger partial charge in [-0.25, -0.2) is 4.99 Å². The molecule has 3 rings (SSSR count). The first-order chi connectivity index (χ1) is 15.2. The lowest BCUT2D eigenvalue weighted by atomic mass is 10.0. The van der Waals surface area contributed by atoms with Crippen LogP contribution in [0.4, 0.5) is 5.69 Å². The summed E-state index contributed by atoms with van der Waals surface area (Å²) in [4.78, 5) is 31.7. The number of nitrogens with zero attached hydrogens (tertiary/aromatic N) is 2. The number of aryl methyl sites for hydroxylation is 1. The smallest absolute Gasteiger partial charge is 0.283 e. The molecule has 0 unspecified atom stereocenters. The Kier molecular flexibility index (Phi) is 7.91. The van der Waals surface area contributed by atoms with E-state index in [1.165, 1.54) is 17.3 Å². The third-order valence-corrected chi connectivity index (χ3v) is 6.01. The van der Waals surface area contributed by atoms with Gasteiger partial charge in [0.1, 0.15) is 5.70 Å². The Hall–Kier alpha value is -2.86. The summed E-state index contributed by atoms with van der Waals surface area (Å²) in [6.45, 7) is 11.0. The van der Waals surface area contributed by atoms with Crippen molar-refractivity contribution >= 4 is 40.5 Å². The number of anilines is 1. The Bertz CT molecular complexity index is 1020. The van der Waals surface area contributed by atoms with Gasteiger partial charge in [-0.2, -0.15) is 0 Å². The summed E-state index contributed by atoms with van der Waals surface area (Å²) in [5, 5.41) is 3.43. The van der Waals surface area contributed by atoms with Crippen LogP contribution >= 0.6 is 11.8 Å². The lowest BCUT2D eigenvalue weighted by Crippen LogP contribution is -2.33. The molecule has 5 nitrogen and oxygen atoms in total. The molecule has 0 saturated carbocycles. The van der Waals surface area contributed by atoms with E-state index in [0.29, 0.717) is 29.2 Å². The first kappa shape index (κ1) is 23.8. The molecule has 168 valence electrons. The number of carbonyl (C=O) groups is 2. The summed E-state index contributed by atoms with van der Waals surface area (Å²) >= 11 is 1.28. The maximum absolute atomic E-state index is 13.3. The van der Waals surface area contributed by atoms with Gasteiger partial charge < -0.3 is 5.32 Å². The van der Waals surface area contributed by atoms with Gasteiger partial charge in [0.25, 0.3) is 5.91 Å². The Morgan fingerprint density at radius 3 is 2.31 bits per heavy atom. The van der Waals surface area contributed by atoms with E-state index in [9.17, 15) is 9.59 Å². The lowest BCUT2D eigenvalue weighted by Gasteiger charge is -2.18. The maximum Gasteiger partial charge on any atom is 0.283 e. The summed E-state index contributed by atoms with van der Waals surface area (Å²) in [5.41, 5.74) is 4.39. The van der Waals surface area contributed by atoms with Gasteiger partial charge >= 0.3 is 0 Å². The quantitative estimate of drug-likeness (QED) is 0.578. The third kappa shape index (κ3) is 6.10. The van der Waals surface area contributed by atoms with Crippen LogP contribution in [0.1, 0.15) is 50.3 Å². The lowest BCUT2D eigenvalue weighted by molar-refractivity contribution is -0.118. The van der Waals surface area contributed by atoms with Crippen LogP contribution in [0.3, 0.4) is 0 Å². The number of hydrogen-bond donors (Lipinski definition) is 1. The van der Waals surface area contributed by atoms with Gasteiger partial charge in [0, 0.05) is 6.54 Å². The number of rotatable bonds is 7. The van der Waals surface area contributed by atoms with Crippen LogP contribution in [0.15, 0.2) is 59.2 Å². The van der Waals surface area contributed by atoms with Crippen LogP contribution in [-0.2, 0) is 9.59 Å². The molecule has 2 aromatic carbocycles. The molecular weight excluding hydrogens is 418 g/mol. The van der Waals surface area contributed by atoms with Crippen LogP contribution in [-0.4, -0.2) is 29.3 Å². The highest BCUT2D eigenvalue weighted by atomic mass is 32.2. The highest BCUT2D eigenvalue weighted by molar-refractivity contribution is 8.14. The van der Waals surface area contributed by atoms with Gasteiger partial charge in [0.15, 0.2) is 5.17 Å². The van der Waals surface area contributed by atoms with Gasteiger partial charge in [0.05, 0.1) is 11.4 Å². The summed E-state index contributed by atoms with van der Waals surface area (Å²) < 4.78 is 0. The number of nitrogens with one attached hydrogen (secondary N) is 1. The van der Waals surface area contributed by atoms with Crippen LogP contribution in [0.2, 0.25) is 0 Å². The SMILES string of the molecule is Cc1ccc(N2C(=O)C(=Cc3ccc(C(C)C)cc3)N=C2SCC(=O)NCC(C)C)cc1. The molecule has 32 heavy (non-hydrogen) atoms. The van der Waals surface area contributed by atoms with Crippen molar-refractivity contribution in [1.29, 1.82) is 0 Å². The molecule has 0 saturated heterocycles. The van der Waals surface area contributed by atoms with E-state index in [1.54, 1.807) is 11.0 Å². The Morgan fingerprint density at radius 2 is 1.72 bits per heavy atom. The van der Waals surface area contributed by atoms with Gasteiger partial charge in [-0.1, -0.05) is 81.4 Å². The molecule has 0 atom stereocenters. The zero-order chi connectivity index (χ0) is 23.3. The predicted molar refractivity (Wildman–Crippen MR) is 135 cm³/mol. The fourth-order valence-corrected chi connectivity index (χ4v) is 3.99. The highest BCUT2D eigenvalue weighted by Crippen LogP contribution is 2.30. The van der Waals surface area contributed by atoms with Gasteiger partial charge in [-0.05, 0) is 48.1 Å². The molecule has 6 heteroatoms. The van der Waals surface area contributed by atoms with Crippen LogP contribution in [0.5, 0.6) is 0 Å². The van der Waals surface area contributed by atoms with Crippen LogP contribution < -0.4 is 10.2 Å². The zero-order valence-corrected chi connectivity index (χ0v) is 20.2. The fraction of sp³-hybridized carbons (Fsp3) is 0.346. The summed E-state index contributed by atoms with van der Waals surface area (Å²) in [6.07, 6.45) is 1.81. The van der Waals surface area contributed by atoms with Crippen LogP contribution in [0, 0.1) is 12.8 Å². The van der Waals surface area contributed by atoms with Crippen molar-refractivity contribution in [2.45, 2.75) is 40.5 Å². The number of benzene rings is 2. The maximum atomic E-state index is 13.3. The van der Waals surface area contributed by atoms with Gasteiger partial charge in [-0.15, -0.1) is 0 Å². The van der Waals surface area contributed by atoms with Crippen molar-refractivity contribution in [3.05, 3.63) is 70.9 Å². The second kappa shape index (κ2) is 10.6. The van der Waals surface area contributed by atoms with Gasteiger partial charge in [0.2, 0.25) is 5.91 Å². The highest BCUT2D eigenvalue weighted by Gasteiger charge is 2.32. The first-order valence-corrected chi connectivity index (χ1v) is 11.9. The molecule has 1 aliphatic heterocycles. The Morgan fingerprint density at radius 1 is 1.06 bits per heavy atom. The number of carbonyl (C=O) groups excluding carboxylic acids is 2. The van der Waals surface area contributed by atoms with E-state index in [-0.39, 0.29) is 17.6 Å². The van der Waals surface area contributed by atoms with Gasteiger partial charge in [-0.3, -0.25) is 14.5 Å². The zero-order valence-electron chi connectivity index (χ0n) is 19.4. The van der Waals surface area contributed by atoms with E-state index in [2.05, 4.69) is 50.1 Å². The van der Waals surface area contributed by atoms with Crippen molar-refractivity contribution in [3.8, 4) is 0 Å². The minimum Gasteiger partial charge on any atom is -0.355 e. The average Bonchev–Trinajstić information content (AvgIpc) is 3.06. The minimum absolute atomic E-state index is 0.0654. The normalized spacial score (nSPS) is 15.1. The second-order valence-corrected chi connectivity index (χ2v) is 9.65. The van der Waals surface area contributed by atoms with Crippen LogP contribution in [0.25, 0.3) is 6.08 Å². The van der Waals surface area contributed by atoms with Crippen molar-refractivity contribution in [2.24, 2.45) is 10.9 Å². The predicted octanol–water partition coefficient (Wildman–Crippen LogP) is 5.37. The second-order valence-electron chi connectivity index (χ2n) is 8.71. The summed E-state index contributed by atoms with van der Waals surface area (Å²) in [5.74, 6) is 0.786. The molecule has 1 heterocycles. The molecule has 0 fully saturated rings. The van der Waals surface area contributed by atoms with E-state index in [1.807, 2.05) is 43.3 Å². The average molecular weight is 450 g/mol. The molecule has 0 radical (unpaired) electrons. The van der Waals surface area contributed by atoms with Crippen molar-refractivity contribution < 1.29 is 9.59 Å². The monoisotopic (exact) mass is 449 g/mol. The van der Waals surface area contributed by atoms with Crippen molar-refractivity contribution in [1.82, 2.24) is 5.32 Å². The van der Waals surface area contributed by atoms with Crippen molar-refractivity contribution in [3.63, 3.8) is 0 Å². The number of amidine groups is 1. The molecule has 0 bridgehead atoms. The molecule has 2 amide bonds. The third-order valence-electron chi connectivity index (χ3n) is 5.07. The van der Waals surface area contributed by atoms with E-state index < -0.39 is 0 Å². The summed E-state index contributed by atoms with van der Waals surface area (Å²) in [7, 11) is 0. The van der Waals surface area contributed by atoms with E-state index in [4.69, 9.17) is 0 Å².